The van der Waals surface area contributed by atoms with Gasteiger partial charge >= 0.3 is 0 Å². The van der Waals surface area contributed by atoms with Crippen LogP contribution in [0.1, 0.15) is 44.1 Å². The first kappa shape index (κ1) is 15.0. The first-order valence-electron chi connectivity index (χ1n) is 7.35. The van der Waals surface area contributed by atoms with Crippen LogP contribution in [-0.4, -0.2) is 40.2 Å². The molecular formula is C15H26N4O. The van der Waals surface area contributed by atoms with E-state index in [1.807, 2.05) is 29.5 Å². The Morgan fingerprint density at radius 1 is 1.55 bits per heavy atom. The molecule has 0 saturated carbocycles. The Hall–Kier alpha value is -1.36. The van der Waals surface area contributed by atoms with E-state index in [0.29, 0.717) is 13.0 Å². The average molecular weight is 278 g/mol. The SMILES string of the molecule is Cc1cc(C)n(C(C)CC(=O)N2CCC(C)(CN)C2)n1. The van der Waals surface area contributed by atoms with E-state index in [2.05, 4.69) is 18.9 Å². The van der Waals surface area contributed by atoms with Gasteiger partial charge in [-0.2, -0.15) is 5.10 Å². The molecule has 1 aliphatic rings. The van der Waals surface area contributed by atoms with E-state index in [4.69, 9.17) is 5.73 Å². The van der Waals surface area contributed by atoms with E-state index in [1.165, 1.54) is 0 Å². The van der Waals surface area contributed by atoms with E-state index in [9.17, 15) is 4.79 Å². The molecule has 2 rings (SSSR count). The molecular weight excluding hydrogens is 252 g/mol. The van der Waals surface area contributed by atoms with Crippen LogP contribution in [0, 0.1) is 19.3 Å². The van der Waals surface area contributed by atoms with Gasteiger partial charge in [-0.15, -0.1) is 0 Å². The fourth-order valence-electron chi connectivity index (χ4n) is 2.96. The van der Waals surface area contributed by atoms with Gasteiger partial charge in [0.05, 0.1) is 11.7 Å². The number of carbonyl (C=O) groups is 1. The monoisotopic (exact) mass is 278 g/mol. The lowest BCUT2D eigenvalue weighted by molar-refractivity contribution is -0.131. The third-order valence-electron chi connectivity index (χ3n) is 4.34. The van der Waals surface area contributed by atoms with Crippen molar-refractivity contribution >= 4 is 5.91 Å². The average Bonchev–Trinajstić information content (AvgIpc) is 2.93. The number of rotatable bonds is 4. The number of hydrogen-bond donors (Lipinski definition) is 1. The molecule has 1 aromatic rings. The van der Waals surface area contributed by atoms with Gasteiger partial charge in [0.2, 0.25) is 5.91 Å². The Balaban J connectivity index is 1.97. The van der Waals surface area contributed by atoms with Crippen molar-refractivity contribution < 1.29 is 4.79 Å². The van der Waals surface area contributed by atoms with Gasteiger partial charge in [0, 0.05) is 25.2 Å². The van der Waals surface area contributed by atoms with Crippen molar-refractivity contribution in [3.8, 4) is 0 Å². The first-order valence-corrected chi connectivity index (χ1v) is 7.35. The minimum Gasteiger partial charge on any atom is -0.342 e. The van der Waals surface area contributed by atoms with E-state index in [1.54, 1.807) is 0 Å². The number of hydrogen-bond acceptors (Lipinski definition) is 3. The topological polar surface area (TPSA) is 64.2 Å². The fourth-order valence-corrected chi connectivity index (χ4v) is 2.96. The second-order valence-corrected chi connectivity index (χ2v) is 6.50. The Morgan fingerprint density at radius 3 is 2.75 bits per heavy atom. The molecule has 2 heterocycles. The van der Waals surface area contributed by atoms with Crippen molar-refractivity contribution in [3.05, 3.63) is 17.5 Å². The molecule has 112 valence electrons. The molecule has 0 aromatic carbocycles. The van der Waals surface area contributed by atoms with Crippen molar-refractivity contribution in [1.82, 2.24) is 14.7 Å². The molecule has 1 aliphatic heterocycles. The first-order chi connectivity index (χ1) is 9.34. The summed E-state index contributed by atoms with van der Waals surface area (Å²) in [5.74, 6) is 0.210. The Bertz CT molecular complexity index is 496. The third kappa shape index (κ3) is 3.03. The van der Waals surface area contributed by atoms with Crippen molar-refractivity contribution in [2.24, 2.45) is 11.1 Å². The van der Waals surface area contributed by atoms with E-state index >= 15 is 0 Å². The normalized spacial score (nSPS) is 24.1. The maximum atomic E-state index is 12.4. The van der Waals surface area contributed by atoms with E-state index < -0.39 is 0 Å². The number of nitrogens with zero attached hydrogens (tertiary/aromatic N) is 3. The van der Waals surface area contributed by atoms with Crippen LogP contribution in [0.25, 0.3) is 0 Å². The molecule has 2 unspecified atom stereocenters. The van der Waals surface area contributed by atoms with E-state index in [0.717, 1.165) is 30.9 Å². The third-order valence-corrected chi connectivity index (χ3v) is 4.34. The summed E-state index contributed by atoms with van der Waals surface area (Å²) in [6.45, 7) is 10.5. The van der Waals surface area contributed by atoms with Gasteiger partial charge in [0.25, 0.3) is 0 Å². The second kappa shape index (κ2) is 5.56. The largest absolute Gasteiger partial charge is 0.342 e. The van der Waals surface area contributed by atoms with Crippen LogP contribution >= 0.6 is 0 Å². The van der Waals surface area contributed by atoms with Gasteiger partial charge in [0.15, 0.2) is 0 Å². The summed E-state index contributed by atoms with van der Waals surface area (Å²) in [4.78, 5) is 14.3. The highest BCUT2D eigenvalue weighted by Crippen LogP contribution is 2.29. The lowest BCUT2D eigenvalue weighted by atomic mass is 9.90. The maximum Gasteiger partial charge on any atom is 0.224 e. The summed E-state index contributed by atoms with van der Waals surface area (Å²) in [5, 5.41) is 4.46. The number of aromatic nitrogens is 2. The predicted molar refractivity (Wildman–Crippen MR) is 79.4 cm³/mol. The van der Waals surface area contributed by atoms with Crippen LogP contribution in [-0.2, 0) is 4.79 Å². The molecule has 0 aliphatic carbocycles. The van der Waals surface area contributed by atoms with Crippen LogP contribution < -0.4 is 5.73 Å². The quantitative estimate of drug-likeness (QED) is 0.910. The molecule has 0 radical (unpaired) electrons. The van der Waals surface area contributed by atoms with Crippen LogP contribution in [0.3, 0.4) is 0 Å². The molecule has 5 nitrogen and oxygen atoms in total. The summed E-state index contributed by atoms with van der Waals surface area (Å²) >= 11 is 0. The summed E-state index contributed by atoms with van der Waals surface area (Å²) in [7, 11) is 0. The molecule has 1 aromatic heterocycles. The highest BCUT2D eigenvalue weighted by atomic mass is 16.2. The van der Waals surface area contributed by atoms with Crippen molar-refractivity contribution in [2.45, 2.75) is 46.6 Å². The molecule has 5 heteroatoms. The van der Waals surface area contributed by atoms with Crippen LogP contribution in [0.2, 0.25) is 0 Å². The maximum absolute atomic E-state index is 12.4. The molecule has 1 fully saturated rings. The molecule has 2 N–H and O–H groups in total. The highest BCUT2D eigenvalue weighted by molar-refractivity contribution is 5.77. The summed E-state index contributed by atoms with van der Waals surface area (Å²) < 4.78 is 1.95. The fraction of sp³-hybridized carbons (Fsp3) is 0.733. The summed E-state index contributed by atoms with van der Waals surface area (Å²) in [6, 6.07) is 2.14. The number of nitrogens with two attached hydrogens (primary N) is 1. The van der Waals surface area contributed by atoms with Crippen molar-refractivity contribution in [1.29, 1.82) is 0 Å². The Morgan fingerprint density at radius 2 is 2.25 bits per heavy atom. The zero-order chi connectivity index (χ0) is 14.9. The molecule has 2 atom stereocenters. The number of amides is 1. The number of aryl methyl sites for hydroxylation is 2. The van der Waals surface area contributed by atoms with Crippen LogP contribution in [0.15, 0.2) is 6.07 Å². The zero-order valence-electron chi connectivity index (χ0n) is 13.0. The van der Waals surface area contributed by atoms with Gasteiger partial charge in [-0.3, -0.25) is 9.48 Å². The molecule has 0 spiro atoms. The smallest absolute Gasteiger partial charge is 0.224 e. The minimum absolute atomic E-state index is 0.0943. The Kier molecular flexibility index (Phi) is 4.18. The van der Waals surface area contributed by atoms with Crippen LogP contribution in [0.5, 0.6) is 0 Å². The van der Waals surface area contributed by atoms with Gasteiger partial charge in [-0.05, 0) is 45.2 Å². The zero-order valence-corrected chi connectivity index (χ0v) is 13.0. The van der Waals surface area contributed by atoms with Crippen LogP contribution in [0.4, 0.5) is 0 Å². The second-order valence-electron chi connectivity index (χ2n) is 6.50. The van der Waals surface area contributed by atoms with Crippen molar-refractivity contribution in [2.75, 3.05) is 19.6 Å². The molecule has 1 amide bonds. The molecule has 0 bridgehead atoms. The van der Waals surface area contributed by atoms with Gasteiger partial charge in [0.1, 0.15) is 0 Å². The molecule has 20 heavy (non-hydrogen) atoms. The summed E-state index contributed by atoms with van der Waals surface area (Å²) in [6.07, 6.45) is 1.51. The summed E-state index contributed by atoms with van der Waals surface area (Å²) in [5.41, 5.74) is 7.99. The number of likely N-dealkylation sites (tertiary alicyclic amines) is 1. The predicted octanol–water partition coefficient (Wildman–Crippen LogP) is 1.65. The number of carbonyl (C=O) groups excluding carboxylic acids is 1. The Labute approximate surface area is 121 Å². The lowest BCUT2D eigenvalue weighted by Crippen LogP contribution is -2.35. The van der Waals surface area contributed by atoms with Gasteiger partial charge < -0.3 is 10.6 Å². The standard InChI is InChI=1S/C15H26N4O/c1-11-7-12(2)19(17-11)13(3)8-14(20)18-6-5-15(4,9-16)10-18/h7,13H,5-6,8-10,16H2,1-4H3. The van der Waals surface area contributed by atoms with Gasteiger partial charge in [-0.25, -0.2) is 0 Å². The van der Waals surface area contributed by atoms with Gasteiger partial charge in [-0.1, -0.05) is 6.92 Å². The lowest BCUT2D eigenvalue weighted by Gasteiger charge is -2.24. The highest BCUT2D eigenvalue weighted by Gasteiger charge is 2.35. The van der Waals surface area contributed by atoms with Crippen molar-refractivity contribution in [3.63, 3.8) is 0 Å². The van der Waals surface area contributed by atoms with E-state index in [-0.39, 0.29) is 17.4 Å². The molecule has 1 saturated heterocycles. The minimum atomic E-state index is 0.0943.